The number of esters is 1. The Morgan fingerprint density at radius 1 is 1.83 bits per heavy atom. The van der Waals surface area contributed by atoms with Crippen LogP contribution < -0.4 is 4.74 Å². The number of thiophene rings is 1. The van der Waals surface area contributed by atoms with Gasteiger partial charge in [0.1, 0.15) is 0 Å². The van der Waals surface area contributed by atoms with Crippen LogP contribution in [-0.2, 0) is 4.79 Å². The highest BCUT2D eigenvalue weighted by Gasteiger charge is 2.05. The number of ether oxygens (including phenoxy) is 1. The maximum atomic E-state index is 10.8. The van der Waals surface area contributed by atoms with Gasteiger partial charge in [-0.05, 0) is 22.9 Å². The van der Waals surface area contributed by atoms with E-state index in [2.05, 4.69) is 22.5 Å². The van der Waals surface area contributed by atoms with Crippen molar-refractivity contribution in [2.75, 3.05) is 0 Å². The zero-order chi connectivity index (χ0) is 9.14. The van der Waals surface area contributed by atoms with Crippen molar-refractivity contribution in [1.29, 1.82) is 0 Å². The Labute approximate surface area is 83.0 Å². The van der Waals surface area contributed by atoms with Crippen molar-refractivity contribution < 1.29 is 9.53 Å². The highest BCUT2D eigenvalue weighted by atomic mass is 79.9. The van der Waals surface area contributed by atoms with Gasteiger partial charge in [-0.25, -0.2) is 4.79 Å². The third kappa shape index (κ3) is 2.19. The second kappa shape index (κ2) is 3.87. The van der Waals surface area contributed by atoms with Crippen molar-refractivity contribution >= 4 is 33.2 Å². The van der Waals surface area contributed by atoms with Crippen LogP contribution in [0.2, 0.25) is 0 Å². The summed E-state index contributed by atoms with van der Waals surface area (Å²) in [5, 5.41) is 0.587. The van der Waals surface area contributed by atoms with Gasteiger partial charge in [-0.3, -0.25) is 0 Å². The lowest BCUT2D eigenvalue weighted by Crippen LogP contribution is -2.00. The van der Waals surface area contributed by atoms with Crippen LogP contribution in [0.3, 0.4) is 0 Å². The molecule has 0 saturated carbocycles. The van der Waals surface area contributed by atoms with Gasteiger partial charge in [0.05, 0.1) is 0 Å². The van der Waals surface area contributed by atoms with E-state index in [1.54, 1.807) is 6.07 Å². The molecule has 0 amide bonds. The molecule has 4 heteroatoms. The lowest BCUT2D eigenvalue weighted by atomic mass is 10.5. The summed E-state index contributed by atoms with van der Waals surface area (Å²) in [4.78, 5) is 11.8. The minimum atomic E-state index is -0.427. The summed E-state index contributed by atoms with van der Waals surface area (Å²) in [5.41, 5.74) is 0. The van der Waals surface area contributed by atoms with Gasteiger partial charge in [0.25, 0.3) is 0 Å². The molecule has 1 aromatic heterocycles. The van der Waals surface area contributed by atoms with Crippen LogP contribution in [0, 0.1) is 6.92 Å². The van der Waals surface area contributed by atoms with Crippen molar-refractivity contribution in [3.63, 3.8) is 0 Å². The molecule has 1 rings (SSSR count). The van der Waals surface area contributed by atoms with Crippen LogP contribution in [0.1, 0.15) is 4.88 Å². The van der Waals surface area contributed by atoms with Crippen molar-refractivity contribution in [3.8, 4) is 5.06 Å². The van der Waals surface area contributed by atoms with Crippen molar-refractivity contribution in [1.82, 2.24) is 0 Å². The fourth-order valence-corrected chi connectivity index (χ4v) is 1.99. The molecule has 0 aliphatic carbocycles. The summed E-state index contributed by atoms with van der Waals surface area (Å²) < 4.78 is 5.85. The molecule has 0 aliphatic rings. The number of carbonyl (C=O) groups excluding carboxylic acids is 1. The Morgan fingerprint density at radius 3 is 2.92 bits per heavy atom. The van der Waals surface area contributed by atoms with Gasteiger partial charge in [-0.1, -0.05) is 6.58 Å². The zero-order valence-electron chi connectivity index (χ0n) is 6.46. The molecule has 0 atom stereocenters. The molecule has 0 bridgehead atoms. The first-order valence-corrected chi connectivity index (χ1v) is 4.84. The third-order valence-electron chi connectivity index (χ3n) is 1.20. The standard InChI is InChI=1S/C8H7BrO2S/c1-3-7(10)11-8-4-6(9)5(2)12-8/h3-4H,1H2,2H3. The summed E-state index contributed by atoms with van der Waals surface area (Å²) in [6.07, 6.45) is 1.14. The van der Waals surface area contributed by atoms with Gasteiger partial charge >= 0.3 is 5.97 Å². The van der Waals surface area contributed by atoms with Gasteiger partial charge in [0, 0.05) is 21.5 Å². The van der Waals surface area contributed by atoms with Crippen LogP contribution in [0.25, 0.3) is 0 Å². The van der Waals surface area contributed by atoms with Crippen LogP contribution in [0.5, 0.6) is 5.06 Å². The first-order valence-electron chi connectivity index (χ1n) is 3.23. The second-order valence-electron chi connectivity index (χ2n) is 2.09. The molecular weight excluding hydrogens is 240 g/mol. The SMILES string of the molecule is C=CC(=O)Oc1cc(Br)c(C)s1. The normalized spacial score (nSPS) is 9.50. The maximum absolute atomic E-state index is 10.8. The Morgan fingerprint density at radius 2 is 2.50 bits per heavy atom. The van der Waals surface area contributed by atoms with Crippen molar-refractivity contribution in [3.05, 3.63) is 28.1 Å². The molecular formula is C8H7BrO2S. The topological polar surface area (TPSA) is 26.3 Å². The van der Waals surface area contributed by atoms with Crippen LogP contribution in [0.4, 0.5) is 0 Å². The van der Waals surface area contributed by atoms with Crippen LogP contribution >= 0.6 is 27.3 Å². The van der Waals surface area contributed by atoms with E-state index >= 15 is 0 Å². The number of rotatable bonds is 2. The van der Waals surface area contributed by atoms with Gasteiger partial charge in [-0.2, -0.15) is 0 Å². The van der Waals surface area contributed by atoms with Gasteiger partial charge < -0.3 is 4.74 Å². The molecule has 64 valence electrons. The minimum Gasteiger partial charge on any atom is -0.412 e. The first kappa shape index (κ1) is 9.48. The quantitative estimate of drug-likeness (QED) is 0.593. The predicted molar refractivity (Wildman–Crippen MR) is 52.6 cm³/mol. The fourth-order valence-electron chi connectivity index (χ4n) is 0.625. The van der Waals surface area contributed by atoms with Crippen LogP contribution in [-0.4, -0.2) is 5.97 Å². The van der Waals surface area contributed by atoms with Crippen molar-refractivity contribution in [2.45, 2.75) is 6.92 Å². The van der Waals surface area contributed by atoms with Gasteiger partial charge in [0.15, 0.2) is 5.06 Å². The van der Waals surface area contributed by atoms with Crippen LogP contribution in [0.15, 0.2) is 23.2 Å². The molecule has 1 aromatic rings. The molecule has 0 N–H and O–H groups in total. The number of carbonyl (C=O) groups is 1. The average Bonchev–Trinajstić information content (AvgIpc) is 2.31. The Balaban J connectivity index is 2.76. The summed E-state index contributed by atoms with van der Waals surface area (Å²) in [6.45, 7) is 5.25. The van der Waals surface area contributed by atoms with E-state index in [1.807, 2.05) is 6.92 Å². The summed E-state index contributed by atoms with van der Waals surface area (Å²) >= 11 is 4.74. The molecule has 0 saturated heterocycles. The minimum absolute atomic E-state index is 0.427. The fraction of sp³-hybridized carbons (Fsp3) is 0.125. The lowest BCUT2D eigenvalue weighted by molar-refractivity contribution is -0.128. The molecule has 0 fully saturated rings. The Hall–Kier alpha value is -0.610. The van der Waals surface area contributed by atoms with E-state index < -0.39 is 5.97 Å². The van der Waals surface area contributed by atoms with Gasteiger partial charge in [0.2, 0.25) is 0 Å². The number of halogens is 1. The van der Waals surface area contributed by atoms with E-state index in [1.165, 1.54) is 11.3 Å². The molecule has 1 heterocycles. The molecule has 0 aromatic carbocycles. The second-order valence-corrected chi connectivity index (χ2v) is 4.17. The lowest BCUT2D eigenvalue weighted by Gasteiger charge is -1.93. The predicted octanol–water partition coefficient (Wildman–Crippen LogP) is 2.91. The molecule has 0 spiro atoms. The average molecular weight is 247 g/mol. The molecule has 2 nitrogen and oxygen atoms in total. The highest BCUT2D eigenvalue weighted by molar-refractivity contribution is 9.10. The largest absolute Gasteiger partial charge is 0.412 e. The summed E-state index contributed by atoms with van der Waals surface area (Å²) in [7, 11) is 0. The molecule has 0 radical (unpaired) electrons. The summed E-state index contributed by atoms with van der Waals surface area (Å²) in [6, 6.07) is 1.77. The van der Waals surface area contributed by atoms with E-state index in [0.717, 1.165) is 15.4 Å². The van der Waals surface area contributed by atoms with E-state index in [0.29, 0.717) is 5.06 Å². The van der Waals surface area contributed by atoms with E-state index in [4.69, 9.17) is 4.74 Å². The molecule has 0 unspecified atom stereocenters. The monoisotopic (exact) mass is 246 g/mol. The highest BCUT2D eigenvalue weighted by Crippen LogP contribution is 2.32. The number of hydrogen-bond donors (Lipinski definition) is 0. The zero-order valence-corrected chi connectivity index (χ0v) is 8.87. The first-order chi connectivity index (χ1) is 5.63. The Kier molecular flexibility index (Phi) is 3.05. The summed E-state index contributed by atoms with van der Waals surface area (Å²) in [5.74, 6) is -0.427. The maximum Gasteiger partial charge on any atom is 0.336 e. The number of aryl methyl sites for hydroxylation is 1. The number of hydrogen-bond acceptors (Lipinski definition) is 3. The molecule has 0 aliphatic heterocycles. The smallest absolute Gasteiger partial charge is 0.336 e. The Bertz CT molecular complexity index is 297. The van der Waals surface area contributed by atoms with Gasteiger partial charge in [-0.15, -0.1) is 11.3 Å². The van der Waals surface area contributed by atoms with Crippen molar-refractivity contribution in [2.24, 2.45) is 0 Å². The third-order valence-corrected chi connectivity index (χ3v) is 3.22. The molecule has 12 heavy (non-hydrogen) atoms. The van der Waals surface area contributed by atoms with E-state index in [-0.39, 0.29) is 0 Å². The van der Waals surface area contributed by atoms with E-state index in [9.17, 15) is 4.79 Å².